The Labute approximate surface area is 87.4 Å². The first-order valence-electron chi connectivity index (χ1n) is 4.11. The molecule has 82 valence electrons. The predicted octanol–water partition coefficient (Wildman–Crippen LogP) is 0.923. The molecule has 2 atom stereocenters. The fraction of sp³-hybridized carbons (Fsp3) is 0.600. The fourth-order valence-electron chi connectivity index (χ4n) is 1.39. The van der Waals surface area contributed by atoms with Gasteiger partial charge in [0, 0.05) is 16.9 Å². The minimum atomic E-state index is -0.912. The lowest BCUT2D eigenvalue weighted by molar-refractivity contribution is -0.115. The third-order valence-electron chi connectivity index (χ3n) is 2.15. The summed E-state index contributed by atoms with van der Waals surface area (Å²) in [6, 6.07) is 0. The molecule has 2 unspecified atom stereocenters. The van der Waals surface area contributed by atoms with Crippen LogP contribution < -0.4 is 0 Å². The van der Waals surface area contributed by atoms with Crippen molar-refractivity contribution < 1.29 is 15.0 Å². The third kappa shape index (κ3) is 2.53. The van der Waals surface area contributed by atoms with Crippen LogP contribution in [0.2, 0.25) is 0 Å². The first-order valence-corrected chi connectivity index (χ1v) is 5.67. The van der Waals surface area contributed by atoms with Crippen LogP contribution in [0.25, 0.3) is 0 Å². The normalized spacial score (nSPS) is 24.5. The first kappa shape index (κ1) is 13.5. The molecule has 3 nitrogen and oxygen atoms in total. The topological polar surface area (TPSA) is 57.5 Å². The zero-order valence-electron chi connectivity index (χ0n) is 7.62. The van der Waals surface area contributed by atoms with Gasteiger partial charge in [0.25, 0.3) is 0 Å². The molecular weight excluding hydrogens is 200 g/mol. The number of carbonyl (C=O) groups is 1. The van der Waals surface area contributed by atoms with Crippen molar-refractivity contribution in [1.29, 1.82) is 0 Å². The number of rotatable bonds is 2. The van der Waals surface area contributed by atoms with E-state index in [4.69, 9.17) is 5.11 Å². The molecule has 0 fully saturated rings. The largest absolute Gasteiger partial charge is 0.393 e. The summed E-state index contributed by atoms with van der Waals surface area (Å²) in [6.07, 6.45) is -0.398. The zero-order chi connectivity index (χ0) is 10.0. The van der Waals surface area contributed by atoms with Crippen molar-refractivity contribution in [1.82, 2.24) is 0 Å². The number of hydrogen-bond donors (Lipinski definition) is 2. The standard InChI is InChI=1S/C9H14O3S.CH4/c1-6-7(11)3-4-13(2)9(6)8(12)5-10;/h8,10,12H,2-5H2,1H3;1H4. The maximum atomic E-state index is 11.3. The predicted molar refractivity (Wildman–Crippen MR) is 61.7 cm³/mol. The lowest BCUT2D eigenvalue weighted by atomic mass is 10.1. The molecule has 0 amide bonds. The highest BCUT2D eigenvalue weighted by atomic mass is 32.2. The van der Waals surface area contributed by atoms with Crippen LogP contribution in [0.4, 0.5) is 0 Å². The van der Waals surface area contributed by atoms with Crippen molar-refractivity contribution in [3.8, 4) is 0 Å². The van der Waals surface area contributed by atoms with Crippen molar-refractivity contribution in [2.75, 3.05) is 12.4 Å². The average molecular weight is 218 g/mol. The van der Waals surface area contributed by atoms with E-state index < -0.39 is 6.10 Å². The summed E-state index contributed by atoms with van der Waals surface area (Å²) in [7, 11) is -0.310. The maximum absolute atomic E-state index is 11.3. The maximum Gasteiger partial charge on any atom is 0.160 e. The van der Waals surface area contributed by atoms with E-state index in [0.717, 1.165) is 0 Å². The van der Waals surface area contributed by atoms with Gasteiger partial charge in [0.1, 0.15) is 6.10 Å². The van der Waals surface area contributed by atoms with Gasteiger partial charge < -0.3 is 10.2 Å². The van der Waals surface area contributed by atoms with Crippen LogP contribution in [0.15, 0.2) is 10.5 Å². The first-order chi connectivity index (χ1) is 6.07. The molecule has 0 saturated carbocycles. The summed E-state index contributed by atoms with van der Waals surface area (Å²) in [4.78, 5) is 11.9. The van der Waals surface area contributed by atoms with E-state index in [0.29, 0.717) is 22.7 Å². The Morgan fingerprint density at radius 3 is 2.71 bits per heavy atom. The molecule has 0 aromatic heterocycles. The van der Waals surface area contributed by atoms with E-state index >= 15 is 0 Å². The summed E-state index contributed by atoms with van der Waals surface area (Å²) >= 11 is 0. The molecule has 1 aliphatic heterocycles. The van der Waals surface area contributed by atoms with Crippen molar-refractivity contribution in [2.24, 2.45) is 0 Å². The molecule has 0 bridgehead atoms. The van der Waals surface area contributed by atoms with E-state index in [9.17, 15) is 9.90 Å². The van der Waals surface area contributed by atoms with Crippen molar-refractivity contribution in [3.05, 3.63) is 10.5 Å². The summed E-state index contributed by atoms with van der Waals surface area (Å²) in [5.41, 5.74) is 0.589. The Balaban J connectivity index is 0.00000169. The quantitative estimate of drug-likeness (QED) is 0.678. The second-order valence-electron chi connectivity index (χ2n) is 3.06. The van der Waals surface area contributed by atoms with Crippen LogP contribution in [0.3, 0.4) is 0 Å². The summed E-state index contributed by atoms with van der Waals surface area (Å²) in [5.74, 6) is 4.64. The van der Waals surface area contributed by atoms with Crippen molar-refractivity contribution in [3.63, 3.8) is 0 Å². The highest BCUT2D eigenvalue weighted by Gasteiger charge is 2.23. The van der Waals surface area contributed by atoms with Gasteiger partial charge in [-0.3, -0.25) is 4.79 Å². The molecule has 0 spiro atoms. The van der Waals surface area contributed by atoms with Crippen LogP contribution >= 0.6 is 10.5 Å². The van der Waals surface area contributed by atoms with Gasteiger partial charge in [0.15, 0.2) is 5.78 Å². The van der Waals surface area contributed by atoms with Gasteiger partial charge in [0.05, 0.1) is 6.61 Å². The Hall–Kier alpha value is -0.450. The van der Waals surface area contributed by atoms with Gasteiger partial charge in [-0.2, -0.15) is 10.5 Å². The molecule has 14 heavy (non-hydrogen) atoms. The van der Waals surface area contributed by atoms with Gasteiger partial charge in [-0.05, 0) is 12.7 Å². The zero-order valence-corrected chi connectivity index (χ0v) is 8.43. The highest BCUT2D eigenvalue weighted by molar-refractivity contribution is 8.17. The minimum Gasteiger partial charge on any atom is -0.393 e. The molecule has 0 radical (unpaired) electrons. The van der Waals surface area contributed by atoms with Gasteiger partial charge in [-0.15, -0.1) is 0 Å². The number of hydrogen-bond acceptors (Lipinski definition) is 3. The monoisotopic (exact) mass is 218 g/mol. The number of aliphatic hydroxyl groups is 2. The van der Waals surface area contributed by atoms with E-state index in [1.54, 1.807) is 6.92 Å². The number of aliphatic hydroxyl groups excluding tert-OH is 2. The summed E-state index contributed by atoms with van der Waals surface area (Å²) in [6.45, 7) is 1.36. The number of carbonyl (C=O) groups excluding carboxylic acids is 1. The molecule has 1 aliphatic rings. The van der Waals surface area contributed by atoms with E-state index in [2.05, 4.69) is 5.87 Å². The molecule has 4 heteroatoms. The second-order valence-corrected chi connectivity index (χ2v) is 4.89. The molecule has 2 N–H and O–H groups in total. The smallest absolute Gasteiger partial charge is 0.160 e. The fourth-order valence-corrected chi connectivity index (χ4v) is 3.05. The van der Waals surface area contributed by atoms with E-state index in [1.807, 2.05) is 0 Å². The van der Waals surface area contributed by atoms with Gasteiger partial charge in [-0.25, -0.2) is 0 Å². The highest BCUT2D eigenvalue weighted by Crippen LogP contribution is 2.34. The lowest BCUT2D eigenvalue weighted by Gasteiger charge is -2.23. The molecule has 0 aromatic rings. The third-order valence-corrected chi connectivity index (χ3v) is 4.05. The van der Waals surface area contributed by atoms with Gasteiger partial charge in [0.2, 0.25) is 0 Å². The molecule has 0 aliphatic carbocycles. The summed E-state index contributed by atoms with van der Waals surface area (Å²) < 4.78 is 0. The summed E-state index contributed by atoms with van der Waals surface area (Å²) in [5, 5.41) is 18.2. The van der Waals surface area contributed by atoms with Gasteiger partial charge >= 0.3 is 0 Å². The van der Waals surface area contributed by atoms with Crippen LogP contribution in [0.1, 0.15) is 20.8 Å². The Morgan fingerprint density at radius 1 is 1.64 bits per heavy atom. The Kier molecular flexibility index (Phi) is 5.26. The second kappa shape index (κ2) is 5.44. The Morgan fingerprint density at radius 2 is 2.21 bits per heavy atom. The van der Waals surface area contributed by atoms with Gasteiger partial charge in [-0.1, -0.05) is 13.3 Å². The van der Waals surface area contributed by atoms with E-state index in [1.165, 1.54) is 0 Å². The van der Waals surface area contributed by atoms with Crippen LogP contribution in [-0.4, -0.2) is 40.3 Å². The molecule has 1 rings (SSSR count). The van der Waals surface area contributed by atoms with E-state index in [-0.39, 0.29) is 30.3 Å². The van der Waals surface area contributed by atoms with Crippen LogP contribution in [0, 0.1) is 0 Å². The number of allylic oxidation sites excluding steroid dienone is 1. The van der Waals surface area contributed by atoms with Crippen molar-refractivity contribution >= 4 is 22.1 Å². The molecule has 1 heterocycles. The molecule has 0 aromatic carbocycles. The van der Waals surface area contributed by atoms with Crippen molar-refractivity contribution in [2.45, 2.75) is 26.9 Å². The minimum absolute atomic E-state index is 0. The SMILES string of the molecule is C.C=S1CCC(=O)C(C)=C1C(O)CO. The van der Waals surface area contributed by atoms with Crippen LogP contribution in [-0.2, 0) is 4.79 Å². The lowest BCUT2D eigenvalue weighted by Crippen LogP contribution is -2.22. The average Bonchev–Trinajstić information content (AvgIpc) is 2.12. The number of ketones is 1. The number of Topliss-reactive ketones (excluding diaryl/α,β-unsaturated/α-hetero) is 1. The molecular formula is C10H18O3S. The Bertz CT molecular complexity index is 281. The van der Waals surface area contributed by atoms with Crippen LogP contribution in [0.5, 0.6) is 0 Å². The molecule has 0 saturated heterocycles.